The summed E-state index contributed by atoms with van der Waals surface area (Å²) in [5.41, 5.74) is -0.800. The first-order chi connectivity index (χ1) is 11.5. The molecule has 0 radical (unpaired) electrons. The van der Waals surface area contributed by atoms with E-state index >= 15 is 0 Å². The van der Waals surface area contributed by atoms with Crippen LogP contribution in [-0.4, -0.2) is 64.8 Å². The van der Waals surface area contributed by atoms with E-state index in [2.05, 4.69) is 25.7 Å². The molecule has 0 unspecified atom stereocenters. The normalized spacial score (nSPS) is 23.0. The number of imide groups is 1. The number of amides is 3. The average molecular weight is 332 g/mol. The third-order valence-corrected chi connectivity index (χ3v) is 4.57. The van der Waals surface area contributed by atoms with Crippen LogP contribution < -0.4 is 15.5 Å². The Labute approximate surface area is 141 Å². The van der Waals surface area contributed by atoms with Gasteiger partial charge in [-0.15, -0.1) is 5.10 Å². The molecule has 0 spiro atoms. The molecule has 2 aliphatic heterocycles. The van der Waals surface area contributed by atoms with Crippen molar-refractivity contribution in [1.82, 2.24) is 25.7 Å². The molecule has 8 nitrogen and oxygen atoms in total. The highest BCUT2D eigenvalue weighted by Crippen LogP contribution is 2.22. The van der Waals surface area contributed by atoms with Gasteiger partial charge in [-0.1, -0.05) is 0 Å². The number of carbonyl (C=O) groups is 2. The lowest BCUT2D eigenvalue weighted by atomic mass is 10.1. The Balaban J connectivity index is 1.47. The van der Waals surface area contributed by atoms with Crippen molar-refractivity contribution in [1.29, 1.82) is 0 Å². The molecule has 1 aromatic rings. The largest absolute Gasteiger partial charge is 0.351 e. The number of anilines is 1. The molecule has 0 saturated carbocycles. The first-order valence-corrected chi connectivity index (χ1v) is 8.38. The number of aromatic nitrogens is 2. The van der Waals surface area contributed by atoms with E-state index in [1.807, 2.05) is 12.1 Å². The predicted octanol–water partition coefficient (Wildman–Crippen LogP) is 0.365. The van der Waals surface area contributed by atoms with E-state index in [0.29, 0.717) is 19.1 Å². The number of rotatable bonds is 6. The van der Waals surface area contributed by atoms with Gasteiger partial charge in [0.1, 0.15) is 5.54 Å². The summed E-state index contributed by atoms with van der Waals surface area (Å²) in [4.78, 5) is 27.5. The second kappa shape index (κ2) is 6.72. The number of carbonyl (C=O) groups excluding carboxylic acids is 2. The first kappa shape index (κ1) is 16.6. The monoisotopic (exact) mass is 332 g/mol. The van der Waals surface area contributed by atoms with Gasteiger partial charge < -0.3 is 15.5 Å². The third kappa shape index (κ3) is 3.33. The highest BCUT2D eigenvalue weighted by molar-refractivity contribution is 6.06. The van der Waals surface area contributed by atoms with E-state index in [4.69, 9.17) is 0 Å². The topological polar surface area (TPSA) is 90.5 Å². The molecule has 0 aliphatic carbocycles. The molecule has 2 aliphatic rings. The van der Waals surface area contributed by atoms with Crippen molar-refractivity contribution in [2.24, 2.45) is 0 Å². The van der Waals surface area contributed by atoms with Gasteiger partial charge in [0.2, 0.25) is 0 Å². The van der Waals surface area contributed by atoms with Crippen LogP contribution >= 0.6 is 0 Å². The molecule has 1 aromatic heterocycles. The number of hydrogen-bond acceptors (Lipinski definition) is 6. The minimum Gasteiger partial charge on any atom is -0.351 e. The molecule has 2 saturated heterocycles. The molecule has 1 atom stereocenters. The fourth-order valence-electron chi connectivity index (χ4n) is 3.28. The van der Waals surface area contributed by atoms with Gasteiger partial charge in [0.15, 0.2) is 5.82 Å². The van der Waals surface area contributed by atoms with Crippen molar-refractivity contribution in [3.63, 3.8) is 0 Å². The standard InChI is InChI=1S/C16H24N6O2/c1-16(2)14(23)22(15(24)19-16)10-8-17-11-12-5-4-9-21(12)13-6-3-7-18-20-13/h3,6-7,12,17H,4-5,8-11H2,1-2H3,(H,19,24)/t12-/m0/s1. The fraction of sp³-hybridized carbons (Fsp3) is 0.625. The summed E-state index contributed by atoms with van der Waals surface area (Å²) in [6.07, 6.45) is 3.90. The summed E-state index contributed by atoms with van der Waals surface area (Å²) < 4.78 is 0. The first-order valence-electron chi connectivity index (χ1n) is 8.38. The molecule has 130 valence electrons. The summed E-state index contributed by atoms with van der Waals surface area (Å²) in [5.74, 6) is 0.731. The van der Waals surface area contributed by atoms with Crippen LogP contribution in [0.25, 0.3) is 0 Å². The van der Waals surface area contributed by atoms with Gasteiger partial charge >= 0.3 is 6.03 Å². The van der Waals surface area contributed by atoms with Crippen LogP contribution in [-0.2, 0) is 4.79 Å². The van der Waals surface area contributed by atoms with Crippen molar-refractivity contribution in [2.75, 3.05) is 31.1 Å². The van der Waals surface area contributed by atoms with Gasteiger partial charge in [-0.25, -0.2) is 4.79 Å². The second-order valence-corrected chi connectivity index (χ2v) is 6.79. The minimum atomic E-state index is -0.800. The van der Waals surface area contributed by atoms with E-state index in [1.165, 1.54) is 4.90 Å². The van der Waals surface area contributed by atoms with Crippen LogP contribution in [0.15, 0.2) is 18.3 Å². The molecule has 3 rings (SSSR count). The fourth-order valence-corrected chi connectivity index (χ4v) is 3.28. The smallest absolute Gasteiger partial charge is 0.325 e. The Morgan fingerprint density at radius 3 is 2.92 bits per heavy atom. The van der Waals surface area contributed by atoms with E-state index in [1.54, 1.807) is 20.0 Å². The Bertz CT molecular complexity index is 606. The summed E-state index contributed by atoms with van der Waals surface area (Å²) in [6, 6.07) is 3.92. The van der Waals surface area contributed by atoms with E-state index in [9.17, 15) is 9.59 Å². The number of nitrogens with one attached hydrogen (secondary N) is 2. The van der Waals surface area contributed by atoms with Crippen LogP contribution in [0.2, 0.25) is 0 Å². The minimum absolute atomic E-state index is 0.170. The zero-order chi connectivity index (χ0) is 17.2. The summed E-state index contributed by atoms with van der Waals surface area (Å²) in [7, 11) is 0. The maximum absolute atomic E-state index is 12.1. The molecular formula is C16H24N6O2. The van der Waals surface area contributed by atoms with E-state index in [0.717, 1.165) is 31.7 Å². The van der Waals surface area contributed by atoms with Gasteiger partial charge in [-0.3, -0.25) is 9.69 Å². The van der Waals surface area contributed by atoms with Crippen LogP contribution in [0.5, 0.6) is 0 Å². The van der Waals surface area contributed by atoms with Crippen LogP contribution in [0.4, 0.5) is 10.6 Å². The Hall–Kier alpha value is -2.22. The van der Waals surface area contributed by atoms with E-state index in [-0.39, 0.29) is 11.9 Å². The van der Waals surface area contributed by atoms with Crippen molar-refractivity contribution < 1.29 is 9.59 Å². The lowest BCUT2D eigenvalue weighted by molar-refractivity contribution is -0.130. The van der Waals surface area contributed by atoms with Crippen molar-refractivity contribution in [2.45, 2.75) is 38.3 Å². The predicted molar refractivity (Wildman–Crippen MR) is 89.6 cm³/mol. The van der Waals surface area contributed by atoms with Crippen LogP contribution in [0.1, 0.15) is 26.7 Å². The second-order valence-electron chi connectivity index (χ2n) is 6.79. The molecule has 0 aromatic carbocycles. The molecule has 2 fully saturated rings. The molecule has 2 N–H and O–H groups in total. The number of nitrogens with zero attached hydrogens (tertiary/aromatic N) is 4. The number of urea groups is 1. The summed E-state index contributed by atoms with van der Waals surface area (Å²) in [5, 5.41) is 14.2. The van der Waals surface area contributed by atoms with Gasteiger partial charge in [0, 0.05) is 38.4 Å². The zero-order valence-corrected chi connectivity index (χ0v) is 14.2. The summed E-state index contributed by atoms with van der Waals surface area (Å²) >= 11 is 0. The summed E-state index contributed by atoms with van der Waals surface area (Å²) in [6.45, 7) is 6.18. The maximum atomic E-state index is 12.1. The van der Waals surface area contributed by atoms with Crippen LogP contribution in [0, 0.1) is 0 Å². The third-order valence-electron chi connectivity index (χ3n) is 4.57. The molecule has 8 heteroatoms. The highest BCUT2D eigenvalue weighted by Gasteiger charge is 2.43. The Morgan fingerprint density at radius 1 is 1.42 bits per heavy atom. The van der Waals surface area contributed by atoms with Gasteiger partial charge in [-0.05, 0) is 38.8 Å². The van der Waals surface area contributed by atoms with Crippen LogP contribution in [0.3, 0.4) is 0 Å². The molecular weight excluding hydrogens is 308 g/mol. The molecule has 24 heavy (non-hydrogen) atoms. The quantitative estimate of drug-likeness (QED) is 0.578. The maximum Gasteiger partial charge on any atom is 0.325 e. The lowest BCUT2D eigenvalue weighted by Gasteiger charge is -2.25. The SMILES string of the molecule is CC1(C)NC(=O)N(CCNC[C@@H]2CCCN2c2cccnn2)C1=O. The Kier molecular flexibility index (Phi) is 4.66. The highest BCUT2D eigenvalue weighted by atomic mass is 16.2. The van der Waals surface area contributed by atoms with E-state index < -0.39 is 5.54 Å². The average Bonchev–Trinajstić information content (AvgIpc) is 3.09. The van der Waals surface area contributed by atoms with Gasteiger partial charge in [0.05, 0.1) is 0 Å². The van der Waals surface area contributed by atoms with Crippen molar-refractivity contribution in [3.8, 4) is 0 Å². The lowest BCUT2D eigenvalue weighted by Crippen LogP contribution is -2.43. The van der Waals surface area contributed by atoms with Crippen molar-refractivity contribution in [3.05, 3.63) is 18.3 Å². The Morgan fingerprint density at radius 2 is 2.25 bits per heavy atom. The molecule has 3 amide bonds. The van der Waals surface area contributed by atoms with Crippen molar-refractivity contribution >= 4 is 17.8 Å². The molecule has 3 heterocycles. The number of hydrogen-bond donors (Lipinski definition) is 2. The van der Waals surface area contributed by atoms with Gasteiger partial charge in [0.25, 0.3) is 5.91 Å². The zero-order valence-electron chi connectivity index (χ0n) is 14.2. The van der Waals surface area contributed by atoms with Gasteiger partial charge in [-0.2, -0.15) is 5.10 Å². The molecule has 0 bridgehead atoms.